The predicted octanol–water partition coefficient (Wildman–Crippen LogP) is 6.85. The van der Waals surface area contributed by atoms with E-state index < -0.39 is 6.10 Å². The quantitative estimate of drug-likeness (QED) is 0.309. The first-order valence-corrected chi connectivity index (χ1v) is 14.5. The summed E-state index contributed by atoms with van der Waals surface area (Å²) >= 11 is 0. The molecule has 0 spiro atoms. The molecule has 0 heterocycles. The summed E-state index contributed by atoms with van der Waals surface area (Å²) in [6.45, 7) is 20.2. The van der Waals surface area contributed by atoms with Crippen molar-refractivity contribution in [2.45, 2.75) is 118 Å². The van der Waals surface area contributed by atoms with Gasteiger partial charge in [0.1, 0.15) is 0 Å². The molecule has 0 aromatic heterocycles. The molecule has 0 unspecified atom stereocenters. The molecule has 2 N–H and O–H groups in total. The second-order valence-corrected chi connectivity index (χ2v) is 14.3. The third-order valence-corrected chi connectivity index (χ3v) is 12.5. The van der Waals surface area contributed by atoms with Crippen LogP contribution >= 0.6 is 0 Å². The predicted molar refractivity (Wildman–Crippen MR) is 145 cm³/mol. The van der Waals surface area contributed by atoms with Gasteiger partial charge in [-0.05, 0) is 91.8 Å². The third kappa shape index (κ3) is 3.79. The Hall–Kier alpha value is -1.13. The highest BCUT2D eigenvalue weighted by atomic mass is 16.5. The van der Waals surface area contributed by atoms with Gasteiger partial charge in [0.15, 0.2) is 0 Å². The molecule has 8 atom stereocenters. The van der Waals surface area contributed by atoms with E-state index in [1.165, 1.54) is 18.3 Å². The van der Waals surface area contributed by atoms with Crippen LogP contribution in [0.5, 0.6) is 0 Å². The number of hydrogen-bond acceptors (Lipinski definition) is 4. The molecule has 4 nitrogen and oxygen atoms in total. The maximum atomic E-state index is 13.2. The van der Waals surface area contributed by atoms with E-state index in [9.17, 15) is 15.0 Å². The number of aliphatic hydroxyl groups excluding tert-OH is 2. The molecule has 4 rings (SSSR count). The molecular weight excluding hydrogens is 448 g/mol. The van der Waals surface area contributed by atoms with E-state index in [0.717, 1.165) is 51.4 Å². The number of allylic oxidation sites excluding steroid dienone is 2. The van der Waals surface area contributed by atoms with Crippen molar-refractivity contribution in [3.05, 3.63) is 23.3 Å². The van der Waals surface area contributed by atoms with Gasteiger partial charge in [-0.15, -0.1) is 0 Å². The van der Waals surface area contributed by atoms with Crippen molar-refractivity contribution < 1.29 is 19.7 Å². The number of ether oxygens (including phenoxy) is 1. The Labute approximate surface area is 220 Å². The Bertz CT molecular complexity index is 930. The minimum absolute atomic E-state index is 0.0786. The standard InChI is InChI=1S/C32H52O4/c1-19(2)20(3)10-11-21(28(35)36-9)24-18-27(34)32(8)23-12-13-25-29(4,5)26(33)15-16-30(25,6)22(23)14-17-31(24,32)7/h19,21,24-27,33-34H,3,10-18H2,1-2,4-9H3/t21-,24-,25+,26+,27+,30-,31-,32-/m1/s1. The van der Waals surface area contributed by atoms with Gasteiger partial charge in [-0.25, -0.2) is 0 Å². The molecule has 0 aromatic rings. The second-order valence-electron chi connectivity index (χ2n) is 14.3. The Morgan fingerprint density at radius 1 is 1.03 bits per heavy atom. The van der Waals surface area contributed by atoms with Crippen molar-refractivity contribution in [1.82, 2.24) is 0 Å². The normalized spacial score (nSPS) is 42.4. The van der Waals surface area contributed by atoms with Gasteiger partial charge in [0, 0.05) is 5.41 Å². The van der Waals surface area contributed by atoms with Gasteiger partial charge in [-0.1, -0.05) is 71.8 Å². The van der Waals surface area contributed by atoms with Gasteiger partial charge in [0.25, 0.3) is 0 Å². The highest BCUT2D eigenvalue weighted by Gasteiger charge is 2.67. The molecule has 0 bridgehead atoms. The maximum Gasteiger partial charge on any atom is 0.308 e. The van der Waals surface area contributed by atoms with Gasteiger partial charge in [-0.2, -0.15) is 0 Å². The van der Waals surface area contributed by atoms with Gasteiger partial charge in [0.2, 0.25) is 0 Å². The third-order valence-electron chi connectivity index (χ3n) is 12.5. The Morgan fingerprint density at radius 3 is 2.31 bits per heavy atom. The van der Waals surface area contributed by atoms with Gasteiger partial charge in [-0.3, -0.25) is 4.79 Å². The molecule has 0 radical (unpaired) electrons. The monoisotopic (exact) mass is 500 g/mol. The summed E-state index contributed by atoms with van der Waals surface area (Å²) in [5.41, 5.74) is 3.72. The smallest absolute Gasteiger partial charge is 0.308 e. The van der Waals surface area contributed by atoms with E-state index in [-0.39, 0.29) is 45.6 Å². The van der Waals surface area contributed by atoms with Crippen molar-refractivity contribution in [3.63, 3.8) is 0 Å². The van der Waals surface area contributed by atoms with Crippen LogP contribution in [0.2, 0.25) is 0 Å². The minimum Gasteiger partial charge on any atom is -0.469 e. The summed E-state index contributed by atoms with van der Waals surface area (Å²) in [5, 5.41) is 22.7. The van der Waals surface area contributed by atoms with E-state index >= 15 is 0 Å². The van der Waals surface area contributed by atoms with Crippen molar-refractivity contribution in [2.75, 3.05) is 7.11 Å². The average Bonchev–Trinajstić information content (AvgIpc) is 3.03. The number of fused-ring (bicyclic) bond motifs is 4. The number of esters is 1. The summed E-state index contributed by atoms with van der Waals surface area (Å²) < 4.78 is 5.35. The summed E-state index contributed by atoms with van der Waals surface area (Å²) in [4.78, 5) is 13.2. The van der Waals surface area contributed by atoms with Crippen LogP contribution in [0.3, 0.4) is 0 Å². The molecule has 0 aliphatic heterocycles. The summed E-state index contributed by atoms with van der Waals surface area (Å²) in [6, 6.07) is 0. The zero-order valence-corrected chi connectivity index (χ0v) is 24.2. The highest BCUT2D eigenvalue weighted by molar-refractivity contribution is 5.73. The second kappa shape index (κ2) is 9.26. The van der Waals surface area contributed by atoms with Crippen LogP contribution in [0.25, 0.3) is 0 Å². The topological polar surface area (TPSA) is 66.8 Å². The molecule has 4 heteroatoms. The van der Waals surface area contributed by atoms with Gasteiger partial charge < -0.3 is 14.9 Å². The lowest BCUT2D eigenvalue weighted by Gasteiger charge is -2.62. The fourth-order valence-electron chi connectivity index (χ4n) is 9.63. The van der Waals surface area contributed by atoms with Crippen LogP contribution in [0.1, 0.15) is 106 Å². The first-order valence-electron chi connectivity index (χ1n) is 14.5. The van der Waals surface area contributed by atoms with Crippen molar-refractivity contribution in [2.24, 2.45) is 45.3 Å². The van der Waals surface area contributed by atoms with Crippen LogP contribution in [0, 0.1) is 45.3 Å². The van der Waals surface area contributed by atoms with Crippen LogP contribution in [0.4, 0.5) is 0 Å². The van der Waals surface area contributed by atoms with Crippen LogP contribution < -0.4 is 0 Å². The van der Waals surface area contributed by atoms with Gasteiger partial charge in [0.05, 0.1) is 25.2 Å². The zero-order valence-electron chi connectivity index (χ0n) is 24.2. The van der Waals surface area contributed by atoms with Crippen LogP contribution in [0.15, 0.2) is 23.3 Å². The van der Waals surface area contributed by atoms with E-state index in [4.69, 9.17) is 4.74 Å². The lowest BCUT2D eigenvalue weighted by atomic mass is 9.43. The Morgan fingerprint density at radius 2 is 1.69 bits per heavy atom. The van der Waals surface area contributed by atoms with E-state index in [0.29, 0.717) is 18.3 Å². The van der Waals surface area contributed by atoms with Crippen molar-refractivity contribution in [3.8, 4) is 0 Å². The molecule has 2 fully saturated rings. The number of methoxy groups -OCH3 is 1. The molecule has 4 aliphatic rings. The van der Waals surface area contributed by atoms with Crippen LogP contribution in [-0.2, 0) is 9.53 Å². The average molecular weight is 501 g/mol. The molecule has 36 heavy (non-hydrogen) atoms. The van der Waals surface area contributed by atoms with Crippen molar-refractivity contribution in [1.29, 1.82) is 0 Å². The maximum absolute atomic E-state index is 13.2. The number of carbonyl (C=O) groups is 1. The summed E-state index contributed by atoms with van der Waals surface area (Å²) in [5.74, 6) is 0.598. The zero-order chi connectivity index (χ0) is 26.8. The number of aliphatic hydroxyl groups is 2. The number of carbonyl (C=O) groups excluding carboxylic acids is 1. The fourth-order valence-corrected chi connectivity index (χ4v) is 9.63. The lowest BCUT2D eigenvalue weighted by Crippen LogP contribution is -2.56. The Balaban J connectivity index is 1.73. The molecule has 0 saturated heterocycles. The van der Waals surface area contributed by atoms with E-state index in [1.807, 2.05) is 0 Å². The van der Waals surface area contributed by atoms with E-state index in [2.05, 4.69) is 55.0 Å². The lowest BCUT2D eigenvalue weighted by molar-refractivity contribution is -0.150. The molecule has 0 amide bonds. The SMILES string of the molecule is C=C(CC[C@@H](C(=O)OC)[C@H]1C[C@H](O)[C@@]2(C)C3=C(CC[C@]12C)[C@@]1(C)CC[C@H](O)C(C)(C)[C@@H]1CC3)C(C)C. The van der Waals surface area contributed by atoms with E-state index in [1.54, 1.807) is 5.57 Å². The Kier molecular flexibility index (Phi) is 7.17. The molecule has 0 aromatic carbocycles. The van der Waals surface area contributed by atoms with Gasteiger partial charge >= 0.3 is 5.97 Å². The molecule has 4 aliphatic carbocycles. The largest absolute Gasteiger partial charge is 0.469 e. The molecular formula is C32H52O4. The first-order chi connectivity index (χ1) is 16.7. The van der Waals surface area contributed by atoms with Crippen molar-refractivity contribution >= 4 is 5.97 Å². The molecule has 204 valence electrons. The number of hydrogen-bond donors (Lipinski definition) is 2. The fraction of sp³-hybridized carbons (Fsp3) is 0.844. The first kappa shape index (κ1) is 27.9. The minimum atomic E-state index is -0.458. The summed E-state index contributed by atoms with van der Waals surface area (Å²) in [6.07, 6.45) is 7.48. The van der Waals surface area contributed by atoms with Crippen LogP contribution in [-0.4, -0.2) is 35.5 Å². The number of rotatable bonds is 6. The summed E-state index contributed by atoms with van der Waals surface area (Å²) in [7, 11) is 1.50. The molecule has 2 saturated carbocycles. The highest BCUT2D eigenvalue weighted by Crippen LogP contribution is 2.72.